The molecule has 5 heteroatoms. The van der Waals surface area contributed by atoms with Crippen LogP contribution in [0.3, 0.4) is 0 Å². The fraction of sp³-hybridized carbons (Fsp3) is 0.0800. The molecule has 0 saturated carbocycles. The molecule has 148 valence electrons. The van der Waals surface area contributed by atoms with Crippen molar-refractivity contribution in [3.05, 3.63) is 96.1 Å². The van der Waals surface area contributed by atoms with Crippen LogP contribution in [-0.2, 0) is 4.74 Å². The molecule has 30 heavy (non-hydrogen) atoms. The second-order valence-corrected chi connectivity index (χ2v) is 6.67. The van der Waals surface area contributed by atoms with Gasteiger partial charge in [0.15, 0.2) is 12.4 Å². The van der Waals surface area contributed by atoms with Crippen LogP contribution in [-0.4, -0.2) is 30.5 Å². The normalized spacial score (nSPS) is 10.6. The van der Waals surface area contributed by atoms with Gasteiger partial charge in [-0.3, -0.25) is 4.79 Å². The van der Waals surface area contributed by atoms with Crippen molar-refractivity contribution in [3.8, 4) is 17.0 Å². The van der Waals surface area contributed by atoms with Crippen LogP contribution in [0.1, 0.15) is 20.7 Å². The Balaban J connectivity index is 1.64. The number of methoxy groups -OCH3 is 1. The number of fused-ring (bicyclic) bond motifs is 1. The third-order valence-corrected chi connectivity index (χ3v) is 4.75. The molecule has 3 aromatic carbocycles. The number of carbonyl (C=O) groups excluding carboxylic acids is 2. The third-order valence-electron chi connectivity index (χ3n) is 4.75. The minimum Gasteiger partial charge on any atom is -0.497 e. The molecule has 0 atom stereocenters. The summed E-state index contributed by atoms with van der Waals surface area (Å²) in [6, 6.07) is 25.2. The van der Waals surface area contributed by atoms with Crippen molar-refractivity contribution < 1.29 is 19.1 Å². The Morgan fingerprint density at radius 1 is 0.867 bits per heavy atom. The Kier molecular flexibility index (Phi) is 5.52. The quantitative estimate of drug-likeness (QED) is 0.340. The zero-order valence-corrected chi connectivity index (χ0v) is 16.4. The van der Waals surface area contributed by atoms with Gasteiger partial charge in [0.1, 0.15) is 5.75 Å². The molecule has 1 heterocycles. The fourth-order valence-electron chi connectivity index (χ4n) is 3.17. The topological polar surface area (TPSA) is 65.5 Å². The van der Waals surface area contributed by atoms with Gasteiger partial charge in [-0.25, -0.2) is 9.78 Å². The van der Waals surface area contributed by atoms with E-state index in [9.17, 15) is 9.59 Å². The van der Waals surface area contributed by atoms with Gasteiger partial charge in [-0.15, -0.1) is 0 Å². The summed E-state index contributed by atoms with van der Waals surface area (Å²) in [5.41, 5.74) is 3.02. The van der Waals surface area contributed by atoms with Gasteiger partial charge < -0.3 is 9.47 Å². The van der Waals surface area contributed by atoms with Gasteiger partial charge in [0.25, 0.3) is 0 Å². The van der Waals surface area contributed by atoms with Crippen molar-refractivity contribution >= 4 is 22.7 Å². The second-order valence-electron chi connectivity index (χ2n) is 6.67. The van der Waals surface area contributed by atoms with Crippen LogP contribution < -0.4 is 4.74 Å². The SMILES string of the molecule is COc1ccc(-c2cc(C(=O)OCC(=O)c3ccccc3)c3ccccc3n2)cc1. The molecule has 0 aliphatic rings. The number of Topliss-reactive ketones (excluding diaryl/α,β-unsaturated/α-hetero) is 1. The van der Waals surface area contributed by atoms with Crippen LogP contribution in [0.15, 0.2) is 84.9 Å². The molecule has 0 N–H and O–H groups in total. The predicted octanol–water partition coefficient (Wildman–Crippen LogP) is 4.95. The highest BCUT2D eigenvalue weighted by Gasteiger charge is 2.17. The van der Waals surface area contributed by atoms with Gasteiger partial charge in [-0.2, -0.15) is 0 Å². The molecular formula is C25H19NO4. The zero-order chi connectivity index (χ0) is 20.9. The smallest absolute Gasteiger partial charge is 0.339 e. The van der Waals surface area contributed by atoms with Crippen molar-refractivity contribution in [3.63, 3.8) is 0 Å². The van der Waals surface area contributed by atoms with Gasteiger partial charge in [-0.1, -0.05) is 48.5 Å². The van der Waals surface area contributed by atoms with E-state index >= 15 is 0 Å². The van der Waals surface area contributed by atoms with Gasteiger partial charge >= 0.3 is 5.97 Å². The van der Waals surface area contributed by atoms with Gasteiger partial charge in [0.05, 0.1) is 23.9 Å². The Morgan fingerprint density at radius 3 is 2.30 bits per heavy atom. The minimum absolute atomic E-state index is 0.252. The van der Waals surface area contributed by atoms with E-state index in [0.717, 1.165) is 11.3 Å². The first-order chi connectivity index (χ1) is 14.7. The molecular weight excluding hydrogens is 378 g/mol. The van der Waals surface area contributed by atoms with E-state index in [0.29, 0.717) is 27.7 Å². The lowest BCUT2D eigenvalue weighted by Gasteiger charge is -2.10. The standard InChI is InChI=1S/C25H19NO4/c1-29-19-13-11-17(12-14-19)23-15-21(20-9-5-6-10-22(20)26-23)25(28)30-16-24(27)18-7-3-2-4-8-18/h2-15H,16H2,1H3. The van der Waals surface area contributed by atoms with Crippen molar-refractivity contribution in [2.45, 2.75) is 0 Å². The summed E-state index contributed by atoms with van der Waals surface area (Å²) in [6.45, 7) is -0.322. The van der Waals surface area contributed by atoms with Crippen molar-refractivity contribution in [1.82, 2.24) is 4.98 Å². The monoisotopic (exact) mass is 397 g/mol. The zero-order valence-electron chi connectivity index (χ0n) is 16.4. The maximum Gasteiger partial charge on any atom is 0.339 e. The predicted molar refractivity (Wildman–Crippen MR) is 115 cm³/mol. The largest absolute Gasteiger partial charge is 0.497 e. The number of hydrogen-bond donors (Lipinski definition) is 0. The van der Waals surface area contributed by atoms with Crippen LogP contribution in [0.25, 0.3) is 22.2 Å². The highest BCUT2D eigenvalue weighted by atomic mass is 16.5. The summed E-state index contributed by atoms with van der Waals surface area (Å²) in [5, 5.41) is 0.673. The molecule has 1 aromatic heterocycles. The van der Waals surface area contributed by atoms with E-state index in [4.69, 9.17) is 9.47 Å². The number of pyridine rings is 1. The molecule has 5 nitrogen and oxygen atoms in total. The molecule has 0 aliphatic carbocycles. The lowest BCUT2D eigenvalue weighted by Crippen LogP contribution is -2.14. The molecule has 0 unspecified atom stereocenters. The molecule has 0 fully saturated rings. The highest BCUT2D eigenvalue weighted by molar-refractivity contribution is 6.06. The van der Waals surface area contributed by atoms with Gasteiger partial charge in [0.2, 0.25) is 0 Å². The van der Waals surface area contributed by atoms with Crippen LogP contribution in [0, 0.1) is 0 Å². The molecule has 0 saturated heterocycles. The molecule has 4 rings (SSSR count). The van der Waals surface area contributed by atoms with Crippen LogP contribution in [0.5, 0.6) is 5.75 Å². The number of rotatable bonds is 6. The van der Waals surface area contributed by atoms with Crippen molar-refractivity contribution in [1.29, 1.82) is 0 Å². The number of nitrogens with zero attached hydrogens (tertiary/aromatic N) is 1. The fourth-order valence-corrected chi connectivity index (χ4v) is 3.17. The first kappa shape index (κ1) is 19.3. The average Bonchev–Trinajstić information content (AvgIpc) is 2.82. The molecule has 0 aliphatic heterocycles. The Bertz CT molecular complexity index is 1200. The van der Waals surface area contributed by atoms with Gasteiger partial charge in [0, 0.05) is 16.5 Å². The summed E-state index contributed by atoms with van der Waals surface area (Å²) >= 11 is 0. The number of ether oxygens (including phenoxy) is 2. The van der Waals surface area contributed by atoms with Crippen molar-refractivity contribution in [2.24, 2.45) is 0 Å². The minimum atomic E-state index is -0.562. The van der Waals surface area contributed by atoms with E-state index < -0.39 is 5.97 Å². The first-order valence-corrected chi connectivity index (χ1v) is 9.45. The summed E-state index contributed by atoms with van der Waals surface area (Å²) < 4.78 is 10.5. The van der Waals surface area contributed by atoms with Crippen LogP contribution in [0.2, 0.25) is 0 Å². The maximum absolute atomic E-state index is 12.9. The third kappa shape index (κ3) is 4.05. The number of benzene rings is 3. The Hall–Kier alpha value is -3.99. The maximum atomic E-state index is 12.9. The highest BCUT2D eigenvalue weighted by Crippen LogP contribution is 2.26. The van der Waals surface area contributed by atoms with E-state index in [1.54, 1.807) is 37.4 Å². The van der Waals surface area contributed by atoms with Crippen LogP contribution >= 0.6 is 0 Å². The molecule has 4 aromatic rings. The number of hydrogen-bond acceptors (Lipinski definition) is 5. The van der Waals surface area contributed by atoms with E-state index in [1.807, 2.05) is 54.6 Å². The molecule has 0 amide bonds. The Labute approximate surface area is 173 Å². The lowest BCUT2D eigenvalue weighted by molar-refractivity contribution is 0.0476. The number of esters is 1. The Morgan fingerprint density at radius 2 is 1.57 bits per heavy atom. The van der Waals surface area contributed by atoms with Crippen LogP contribution in [0.4, 0.5) is 0 Å². The second kappa shape index (κ2) is 8.57. The summed E-state index contributed by atoms with van der Waals surface area (Å²) in [5.74, 6) is -0.0797. The summed E-state index contributed by atoms with van der Waals surface area (Å²) in [7, 11) is 1.61. The van der Waals surface area contributed by atoms with E-state index in [2.05, 4.69) is 4.98 Å². The molecule has 0 radical (unpaired) electrons. The number of aromatic nitrogens is 1. The van der Waals surface area contributed by atoms with Gasteiger partial charge in [-0.05, 0) is 36.4 Å². The summed E-state index contributed by atoms with van der Waals surface area (Å²) in [6.07, 6.45) is 0. The number of carbonyl (C=O) groups is 2. The van der Waals surface area contributed by atoms with Crippen molar-refractivity contribution in [2.75, 3.05) is 13.7 Å². The number of para-hydroxylation sites is 1. The molecule has 0 spiro atoms. The summed E-state index contributed by atoms with van der Waals surface area (Å²) in [4.78, 5) is 29.8. The van der Waals surface area contributed by atoms with E-state index in [1.165, 1.54) is 0 Å². The number of ketones is 1. The van der Waals surface area contributed by atoms with E-state index in [-0.39, 0.29) is 12.4 Å². The molecule has 0 bridgehead atoms. The average molecular weight is 397 g/mol. The lowest BCUT2D eigenvalue weighted by atomic mass is 10.0. The first-order valence-electron chi connectivity index (χ1n) is 9.45.